The third kappa shape index (κ3) is 3.65. The van der Waals surface area contributed by atoms with E-state index in [9.17, 15) is 23.3 Å². The molecule has 2 rings (SSSR count). The number of aromatic nitrogens is 1. The molecule has 1 aromatic heterocycles. The first-order chi connectivity index (χ1) is 9.88. The van der Waals surface area contributed by atoms with Crippen molar-refractivity contribution < 1.29 is 18.1 Å². The highest BCUT2D eigenvalue weighted by atomic mass is 19.4. The quantitative estimate of drug-likeness (QED) is 0.630. The molecule has 0 unspecified atom stereocenters. The highest BCUT2D eigenvalue weighted by Crippen LogP contribution is 2.35. The predicted molar refractivity (Wildman–Crippen MR) is 71.3 cm³/mol. The van der Waals surface area contributed by atoms with Crippen molar-refractivity contribution in [2.24, 2.45) is 0 Å². The topological polar surface area (TPSA) is 56.0 Å². The maximum Gasteiger partial charge on any atom is 0.417 e. The second-order valence-corrected chi connectivity index (χ2v) is 4.14. The number of nitrogens with zero attached hydrogens (tertiary/aromatic N) is 2. The van der Waals surface area contributed by atoms with E-state index in [2.05, 4.69) is 4.98 Å². The van der Waals surface area contributed by atoms with Gasteiger partial charge in [-0.2, -0.15) is 13.2 Å². The first-order valence-corrected chi connectivity index (χ1v) is 5.81. The minimum atomic E-state index is -4.66. The third-order valence-electron chi connectivity index (χ3n) is 2.71. The van der Waals surface area contributed by atoms with E-state index < -0.39 is 22.4 Å². The Morgan fingerprint density at radius 1 is 1.10 bits per heavy atom. The van der Waals surface area contributed by atoms with E-state index in [1.807, 2.05) is 0 Å². The second-order valence-electron chi connectivity index (χ2n) is 4.14. The fourth-order valence-corrected chi connectivity index (χ4v) is 1.71. The Hall–Kier alpha value is -2.70. The summed E-state index contributed by atoms with van der Waals surface area (Å²) in [4.78, 5) is 13.5. The number of non-ortho nitro benzene ring substituents is 1. The van der Waals surface area contributed by atoms with Crippen molar-refractivity contribution in [2.45, 2.75) is 6.18 Å². The molecular weight excluding hydrogens is 285 g/mol. The fraction of sp³-hybridized carbons (Fsp3) is 0.0714. The summed E-state index contributed by atoms with van der Waals surface area (Å²) in [5.74, 6) is 0. The summed E-state index contributed by atoms with van der Waals surface area (Å²) < 4.78 is 38.9. The first kappa shape index (κ1) is 14.7. The van der Waals surface area contributed by atoms with Gasteiger partial charge in [-0.15, -0.1) is 0 Å². The van der Waals surface area contributed by atoms with Gasteiger partial charge in [0.25, 0.3) is 5.69 Å². The van der Waals surface area contributed by atoms with Crippen molar-refractivity contribution in [3.8, 4) is 0 Å². The van der Waals surface area contributed by atoms with Gasteiger partial charge in [-0.1, -0.05) is 12.2 Å². The lowest BCUT2D eigenvalue weighted by molar-refractivity contribution is -0.385. The standard InChI is InChI=1S/C14H9F3N2O2/c15-14(16,17)13-9-12(19(20)21)4-3-11(13)2-1-10-5-7-18-8-6-10/h1-9H/b2-1+. The maximum absolute atomic E-state index is 13.0. The van der Waals surface area contributed by atoms with Crippen LogP contribution in [0.15, 0.2) is 42.7 Å². The van der Waals surface area contributed by atoms with Crippen LogP contribution in [-0.4, -0.2) is 9.91 Å². The Bertz CT molecular complexity index is 682. The monoisotopic (exact) mass is 294 g/mol. The summed E-state index contributed by atoms with van der Waals surface area (Å²) in [6.45, 7) is 0. The Morgan fingerprint density at radius 2 is 1.76 bits per heavy atom. The van der Waals surface area contributed by atoms with Gasteiger partial charge in [-0.25, -0.2) is 0 Å². The van der Waals surface area contributed by atoms with Gasteiger partial charge in [-0.3, -0.25) is 15.1 Å². The molecule has 7 heteroatoms. The van der Waals surface area contributed by atoms with Crippen LogP contribution >= 0.6 is 0 Å². The molecule has 21 heavy (non-hydrogen) atoms. The third-order valence-corrected chi connectivity index (χ3v) is 2.71. The second kappa shape index (κ2) is 5.74. The van der Waals surface area contributed by atoms with Crippen molar-refractivity contribution in [3.05, 3.63) is 69.5 Å². The van der Waals surface area contributed by atoms with Gasteiger partial charge in [0.1, 0.15) is 0 Å². The molecule has 0 saturated heterocycles. The predicted octanol–water partition coefficient (Wildman–Crippen LogP) is 4.18. The Morgan fingerprint density at radius 3 is 2.33 bits per heavy atom. The van der Waals surface area contributed by atoms with Crippen LogP contribution in [0.25, 0.3) is 12.2 Å². The van der Waals surface area contributed by atoms with Gasteiger partial charge >= 0.3 is 6.18 Å². The van der Waals surface area contributed by atoms with Crippen LogP contribution < -0.4 is 0 Å². The number of pyridine rings is 1. The molecule has 0 bridgehead atoms. The number of hydrogen-bond acceptors (Lipinski definition) is 3. The molecule has 0 atom stereocenters. The number of halogens is 3. The molecule has 1 aromatic carbocycles. The zero-order valence-electron chi connectivity index (χ0n) is 10.5. The van der Waals surface area contributed by atoms with Crippen LogP contribution in [-0.2, 0) is 6.18 Å². The van der Waals surface area contributed by atoms with Crippen LogP contribution in [0.2, 0.25) is 0 Å². The van der Waals surface area contributed by atoms with E-state index >= 15 is 0 Å². The largest absolute Gasteiger partial charge is 0.417 e. The van der Waals surface area contributed by atoms with Crippen molar-refractivity contribution >= 4 is 17.8 Å². The summed E-state index contributed by atoms with van der Waals surface area (Å²) in [5, 5.41) is 10.6. The molecule has 0 fully saturated rings. The van der Waals surface area contributed by atoms with Crippen molar-refractivity contribution in [1.82, 2.24) is 4.98 Å². The zero-order chi connectivity index (χ0) is 15.5. The lowest BCUT2D eigenvalue weighted by Crippen LogP contribution is -2.08. The van der Waals surface area contributed by atoms with Gasteiger partial charge in [0.2, 0.25) is 0 Å². The zero-order valence-corrected chi connectivity index (χ0v) is 10.5. The summed E-state index contributed by atoms with van der Waals surface area (Å²) >= 11 is 0. The first-order valence-electron chi connectivity index (χ1n) is 5.81. The molecule has 0 radical (unpaired) electrons. The minimum absolute atomic E-state index is 0.134. The van der Waals surface area contributed by atoms with E-state index in [4.69, 9.17) is 0 Å². The molecule has 2 aromatic rings. The highest BCUT2D eigenvalue weighted by molar-refractivity contribution is 5.72. The summed E-state index contributed by atoms with van der Waals surface area (Å²) in [5.41, 5.74) is -1.09. The minimum Gasteiger partial charge on any atom is -0.265 e. The molecule has 1 heterocycles. The van der Waals surface area contributed by atoms with E-state index in [1.54, 1.807) is 12.1 Å². The van der Waals surface area contributed by atoms with Crippen LogP contribution in [0, 0.1) is 10.1 Å². The van der Waals surface area contributed by atoms with Gasteiger partial charge in [0.05, 0.1) is 10.5 Å². The van der Waals surface area contributed by atoms with E-state index in [0.29, 0.717) is 11.6 Å². The average Bonchev–Trinajstić information content (AvgIpc) is 2.45. The number of alkyl halides is 3. The molecule has 0 aliphatic heterocycles. The molecule has 0 spiro atoms. The van der Waals surface area contributed by atoms with E-state index in [-0.39, 0.29) is 5.56 Å². The lowest BCUT2D eigenvalue weighted by atomic mass is 10.0. The Labute approximate surface area is 117 Å². The average molecular weight is 294 g/mol. The molecule has 0 amide bonds. The van der Waals surface area contributed by atoms with Crippen LogP contribution in [0.3, 0.4) is 0 Å². The maximum atomic E-state index is 13.0. The van der Waals surface area contributed by atoms with E-state index in [1.165, 1.54) is 24.5 Å². The normalized spacial score (nSPS) is 11.8. The number of nitro benzene ring substituents is 1. The molecule has 4 nitrogen and oxygen atoms in total. The Kier molecular flexibility index (Phi) is 4.02. The molecule has 0 aliphatic rings. The molecule has 0 saturated carbocycles. The van der Waals surface area contributed by atoms with Gasteiger partial charge in [-0.05, 0) is 29.3 Å². The highest BCUT2D eigenvalue weighted by Gasteiger charge is 2.34. The number of nitro groups is 1. The SMILES string of the molecule is O=[N+]([O-])c1ccc(/C=C/c2ccncc2)c(C(F)(F)F)c1. The van der Waals surface area contributed by atoms with Crippen molar-refractivity contribution in [3.63, 3.8) is 0 Å². The molecular formula is C14H9F3N2O2. The van der Waals surface area contributed by atoms with Crippen LogP contribution in [0.5, 0.6) is 0 Å². The number of benzene rings is 1. The van der Waals surface area contributed by atoms with Crippen LogP contribution in [0.1, 0.15) is 16.7 Å². The van der Waals surface area contributed by atoms with Gasteiger partial charge < -0.3 is 0 Å². The van der Waals surface area contributed by atoms with Gasteiger partial charge in [0.15, 0.2) is 0 Å². The molecule has 108 valence electrons. The van der Waals surface area contributed by atoms with Crippen molar-refractivity contribution in [1.29, 1.82) is 0 Å². The molecule has 0 N–H and O–H groups in total. The fourth-order valence-electron chi connectivity index (χ4n) is 1.71. The lowest BCUT2D eigenvalue weighted by Gasteiger charge is -2.10. The van der Waals surface area contributed by atoms with Gasteiger partial charge in [0, 0.05) is 24.5 Å². The summed E-state index contributed by atoms with van der Waals surface area (Å²) in [7, 11) is 0. The summed E-state index contributed by atoms with van der Waals surface area (Å²) in [6, 6.07) is 5.93. The summed E-state index contributed by atoms with van der Waals surface area (Å²) in [6.07, 6.45) is 1.12. The number of rotatable bonds is 3. The Balaban J connectivity index is 2.44. The van der Waals surface area contributed by atoms with Crippen molar-refractivity contribution in [2.75, 3.05) is 0 Å². The number of hydrogen-bond donors (Lipinski definition) is 0. The smallest absolute Gasteiger partial charge is 0.265 e. The van der Waals surface area contributed by atoms with E-state index in [0.717, 1.165) is 12.1 Å². The van der Waals surface area contributed by atoms with Crippen LogP contribution in [0.4, 0.5) is 18.9 Å². The molecule has 0 aliphatic carbocycles.